The summed E-state index contributed by atoms with van der Waals surface area (Å²) in [4.78, 5) is 48.3. The van der Waals surface area contributed by atoms with Gasteiger partial charge in [0.2, 0.25) is 0 Å². The van der Waals surface area contributed by atoms with Crippen molar-refractivity contribution < 1.29 is 24.6 Å². The average molecular weight is 632 g/mol. The lowest BCUT2D eigenvalue weighted by molar-refractivity contribution is 0.0925. The highest BCUT2D eigenvalue weighted by molar-refractivity contribution is 6.34. The van der Waals surface area contributed by atoms with Gasteiger partial charge in [0.15, 0.2) is 5.82 Å². The molecular formula is C40H29N3O5. The van der Waals surface area contributed by atoms with E-state index >= 15 is 0 Å². The van der Waals surface area contributed by atoms with Crippen molar-refractivity contribution >= 4 is 35.9 Å². The van der Waals surface area contributed by atoms with Crippen molar-refractivity contribution in [2.45, 2.75) is 0 Å². The predicted octanol–water partition coefficient (Wildman–Crippen LogP) is 7.58. The van der Waals surface area contributed by atoms with Crippen LogP contribution in [0.25, 0.3) is 46.1 Å². The maximum absolute atomic E-state index is 13.1. The maximum Gasteiger partial charge on any atom is 0.266 e. The summed E-state index contributed by atoms with van der Waals surface area (Å²) in [5.41, 5.74) is 7.26. The van der Waals surface area contributed by atoms with Gasteiger partial charge in [0.05, 0.1) is 28.2 Å². The monoisotopic (exact) mass is 631 g/mol. The van der Waals surface area contributed by atoms with E-state index in [1.807, 2.05) is 97.1 Å². The summed E-state index contributed by atoms with van der Waals surface area (Å²) in [5, 5.41) is 16.5. The molecule has 0 aliphatic carbocycles. The van der Waals surface area contributed by atoms with E-state index in [0.717, 1.165) is 45.5 Å². The number of fused-ring (bicyclic) bond motifs is 1. The molecule has 0 saturated carbocycles. The molecule has 8 nitrogen and oxygen atoms in total. The first kappa shape index (κ1) is 31.5. The molecule has 7 rings (SSSR count). The Hall–Kier alpha value is -6.51. The van der Waals surface area contributed by atoms with Gasteiger partial charge in [0.1, 0.15) is 12.0 Å². The Morgan fingerprint density at radius 1 is 0.562 bits per heavy atom. The highest BCUT2D eigenvalue weighted by Gasteiger charge is 2.36. The van der Waals surface area contributed by atoms with E-state index < -0.39 is 11.8 Å². The smallest absolute Gasteiger partial charge is 0.266 e. The fourth-order valence-corrected chi connectivity index (χ4v) is 5.35. The summed E-state index contributed by atoms with van der Waals surface area (Å²) < 4.78 is 0. The minimum absolute atomic E-state index is 0.216. The minimum Gasteiger partial charge on any atom is -0.508 e. The Morgan fingerprint density at radius 3 is 1.67 bits per heavy atom. The third kappa shape index (κ3) is 6.42. The zero-order valence-electron chi connectivity index (χ0n) is 25.8. The van der Waals surface area contributed by atoms with Gasteiger partial charge in [-0.2, -0.15) is 0 Å². The van der Waals surface area contributed by atoms with Crippen LogP contribution in [-0.4, -0.2) is 45.4 Å². The van der Waals surface area contributed by atoms with Crippen LogP contribution in [0.1, 0.15) is 42.2 Å². The first-order valence-electron chi connectivity index (χ1n) is 15.0. The van der Waals surface area contributed by atoms with Crippen LogP contribution in [0.4, 0.5) is 5.69 Å². The van der Waals surface area contributed by atoms with E-state index in [2.05, 4.69) is 0 Å². The van der Waals surface area contributed by atoms with E-state index in [-0.39, 0.29) is 16.9 Å². The van der Waals surface area contributed by atoms with Gasteiger partial charge in [-0.25, -0.2) is 14.9 Å². The van der Waals surface area contributed by atoms with Crippen molar-refractivity contribution in [3.05, 3.63) is 155 Å². The van der Waals surface area contributed by atoms with Gasteiger partial charge < -0.3 is 10.2 Å². The van der Waals surface area contributed by atoms with Crippen LogP contribution in [0.15, 0.2) is 127 Å². The molecule has 6 aromatic rings. The molecule has 1 aliphatic heterocycles. The van der Waals surface area contributed by atoms with Crippen LogP contribution >= 0.6 is 0 Å². The lowest BCUT2D eigenvalue weighted by atomic mass is 10.0. The summed E-state index contributed by atoms with van der Waals surface area (Å²) in [6.45, 7) is 0. The number of benzene rings is 5. The third-order valence-electron chi connectivity index (χ3n) is 7.79. The van der Waals surface area contributed by atoms with Gasteiger partial charge in [-0.1, -0.05) is 97.1 Å². The molecule has 1 aromatic heterocycles. The van der Waals surface area contributed by atoms with Crippen LogP contribution in [0.3, 0.4) is 0 Å². The van der Waals surface area contributed by atoms with Gasteiger partial charge >= 0.3 is 0 Å². The number of imide groups is 1. The van der Waals surface area contributed by atoms with Crippen LogP contribution < -0.4 is 4.90 Å². The maximum atomic E-state index is 13.1. The number of hydrogen-bond donors (Lipinski definition) is 2. The lowest BCUT2D eigenvalue weighted by Gasteiger charge is -2.15. The Bertz CT molecular complexity index is 2140. The number of aliphatic hydroxyl groups is 1. The number of amides is 2. The Balaban J connectivity index is 0.00000197. The zero-order valence-corrected chi connectivity index (χ0v) is 25.8. The second kappa shape index (κ2) is 13.9. The molecule has 5 aromatic carbocycles. The van der Waals surface area contributed by atoms with Crippen LogP contribution in [0, 0.1) is 0 Å². The van der Waals surface area contributed by atoms with E-state index in [4.69, 9.17) is 15.1 Å². The van der Waals surface area contributed by atoms with Crippen LogP contribution in [0.2, 0.25) is 0 Å². The fraction of sp³-hybridized carbons (Fsp3) is 0.0250. The Kier molecular flexibility index (Phi) is 9.09. The zero-order chi connectivity index (χ0) is 33.6. The normalized spacial score (nSPS) is 12.1. The minimum atomic E-state index is -0.464. The van der Waals surface area contributed by atoms with Crippen molar-refractivity contribution in [1.82, 2.24) is 9.97 Å². The summed E-state index contributed by atoms with van der Waals surface area (Å²) >= 11 is 0. The van der Waals surface area contributed by atoms with Gasteiger partial charge in [-0.3, -0.25) is 14.4 Å². The molecule has 0 atom stereocenters. The standard InChI is InChI=1S/C39H25N3O4.CH4O/c43-24-27-12-21-33-34(22-27)39(46)42(38(33)45)31-17-15-29(16-18-31)36-23-35(40-37(41-36)30-4-2-1-3-5-30)28-13-8-25(9-14-28)6-7-26-10-19-32(44)20-11-26;1-2/h1-24,44H;2H,1H3/b7-6+;. The first-order chi connectivity index (χ1) is 23.5. The number of aromatic hydroxyl groups is 1. The molecule has 0 unspecified atom stereocenters. The molecule has 0 spiro atoms. The number of aromatic nitrogens is 2. The van der Waals surface area contributed by atoms with E-state index in [0.29, 0.717) is 29.1 Å². The van der Waals surface area contributed by atoms with Gasteiger partial charge in [0, 0.05) is 29.4 Å². The van der Waals surface area contributed by atoms with Crippen LogP contribution in [0.5, 0.6) is 5.75 Å². The van der Waals surface area contributed by atoms with Gasteiger partial charge in [-0.15, -0.1) is 0 Å². The number of carbonyl (C=O) groups excluding carboxylic acids is 3. The van der Waals surface area contributed by atoms with Crippen molar-refractivity contribution in [1.29, 1.82) is 0 Å². The quantitative estimate of drug-likeness (QED) is 0.106. The van der Waals surface area contributed by atoms with Crippen molar-refractivity contribution in [2.24, 2.45) is 0 Å². The second-order valence-electron chi connectivity index (χ2n) is 10.8. The summed E-state index contributed by atoms with van der Waals surface area (Å²) in [5.74, 6) is -0.0927. The molecule has 0 radical (unpaired) electrons. The first-order valence-corrected chi connectivity index (χ1v) is 15.0. The summed E-state index contributed by atoms with van der Waals surface area (Å²) in [6, 6.07) is 38.3. The summed E-state index contributed by atoms with van der Waals surface area (Å²) in [7, 11) is 1.00. The lowest BCUT2D eigenvalue weighted by Crippen LogP contribution is -2.29. The van der Waals surface area contributed by atoms with Crippen molar-refractivity contribution in [2.75, 3.05) is 12.0 Å². The number of phenols is 1. The number of phenolic OH excluding ortho intramolecular Hbond substituents is 1. The number of rotatable bonds is 7. The number of carbonyl (C=O) groups is 3. The topological polar surface area (TPSA) is 121 Å². The van der Waals surface area contributed by atoms with Gasteiger partial charge in [0.25, 0.3) is 11.8 Å². The van der Waals surface area contributed by atoms with E-state index in [9.17, 15) is 19.5 Å². The highest BCUT2D eigenvalue weighted by Crippen LogP contribution is 2.32. The second-order valence-corrected chi connectivity index (χ2v) is 10.8. The number of aldehydes is 1. The molecule has 234 valence electrons. The molecule has 2 amide bonds. The molecular weight excluding hydrogens is 602 g/mol. The molecule has 2 heterocycles. The molecule has 0 fully saturated rings. The van der Waals surface area contributed by atoms with E-state index in [1.165, 1.54) is 18.2 Å². The Morgan fingerprint density at radius 2 is 1.08 bits per heavy atom. The molecule has 8 heteroatoms. The molecule has 0 bridgehead atoms. The predicted molar refractivity (Wildman–Crippen MR) is 186 cm³/mol. The molecule has 48 heavy (non-hydrogen) atoms. The number of anilines is 1. The fourth-order valence-electron chi connectivity index (χ4n) is 5.35. The number of aliphatic hydroxyl groups excluding tert-OH is 1. The van der Waals surface area contributed by atoms with Gasteiger partial charge in [-0.05, 0) is 53.6 Å². The average Bonchev–Trinajstić information content (AvgIpc) is 3.40. The molecule has 1 aliphatic rings. The van der Waals surface area contributed by atoms with Crippen molar-refractivity contribution in [3.63, 3.8) is 0 Å². The summed E-state index contributed by atoms with van der Waals surface area (Å²) in [6.07, 6.45) is 4.65. The molecule has 2 N–H and O–H groups in total. The number of hydrogen-bond acceptors (Lipinski definition) is 7. The van der Waals surface area contributed by atoms with Crippen molar-refractivity contribution in [3.8, 4) is 39.7 Å². The number of nitrogens with zero attached hydrogens (tertiary/aromatic N) is 3. The molecule has 0 saturated heterocycles. The van der Waals surface area contributed by atoms with E-state index in [1.54, 1.807) is 24.3 Å². The van der Waals surface area contributed by atoms with Crippen LogP contribution in [-0.2, 0) is 0 Å². The largest absolute Gasteiger partial charge is 0.508 e. The third-order valence-corrected chi connectivity index (χ3v) is 7.79. The Labute approximate surface area is 276 Å². The SMILES string of the molecule is CO.O=Cc1ccc2c(c1)C(=O)N(c1ccc(-c3cc(-c4ccc(/C=C/c5ccc(O)cc5)cc4)nc(-c4ccccc4)n3)cc1)C2=O. The highest BCUT2D eigenvalue weighted by atomic mass is 16.3.